The van der Waals surface area contributed by atoms with Gasteiger partial charge in [-0.1, -0.05) is 6.07 Å². The van der Waals surface area contributed by atoms with Crippen LogP contribution in [0.5, 0.6) is 17.2 Å². The number of alkyl halides is 3. The molecule has 7 heteroatoms. The van der Waals surface area contributed by atoms with E-state index in [1.165, 1.54) is 24.3 Å². The normalized spacial score (nSPS) is 15.7. The second kappa shape index (κ2) is 7.95. The van der Waals surface area contributed by atoms with Crippen molar-refractivity contribution in [3.63, 3.8) is 0 Å². The van der Waals surface area contributed by atoms with Crippen molar-refractivity contribution >= 4 is 0 Å². The zero-order chi connectivity index (χ0) is 18.6. The van der Waals surface area contributed by atoms with E-state index in [0.29, 0.717) is 17.4 Å². The maximum absolute atomic E-state index is 13.6. The van der Waals surface area contributed by atoms with Gasteiger partial charge in [0.15, 0.2) is 0 Å². The van der Waals surface area contributed by atoms with Crippen LogP contribution in [0, 0.1) is 11.7 Å². The molecular weight excluding hydrogens is 350 g/mol. The lowest BCUT2D eigenvalue weighted by Crippen LogP contribution is -2.28. The van der Waals surface area contributed by atoms with E-state index in [0.717, 1.165) is 50.0 Å². The lowest BCUT2D eigenvalue weighted by Gasteiger charge is -2.23. The van der Waals surface area contributed by atoms with E-state index in [4.69, 9.17) is 4.74 Å². The first-order chi connectivity index (χ1) is 12.4. The molecule has 3 nitrogen and oxygen atoms in total. The minimum Gasteiger partial charge on any atom is -0.457 e. The lowest BCUT2D eigenvalue weighted by molar-refractivity contribution is -0.274. The summed E-state index contributed by atoms with van der Waals surface area (Å²) in [6.45, 7) is 1.92. The molecule has 0 atom stereocenters. The van der Waals surface area contributed by atoms with Crippen molar-refractivity contribution in [2.24, 2.45) is 5.92 Å². The molecule has 1 heterocycles. The predicted molar refractivity (Wildman–Crippen MR) is 88.9 cm³/mol. The number of hydrogen-bond donors (Lipinski definition) is 1. The number of benzene rings is 2. The summed E-state index contributed by atoms with van der Waals surface area (Å²) >= 11 is 0. The van der Waals surface area contributed by atoms with E-state index >= 15 is 0 Å². The van der Waals surface area contributed by atoms with Crippen molar-refractivity contribution in [2.75, 3.05) is 13.1 Å². The van der Waals surface area contributed by atoms with Gasteiger partial charge >= 0.3 is 6.36 Å². The number of ether oxygens (including phenoxy) is 2. The van der Waals surface area contributed by atoms with Gasteiger partial charge in [0.05, 0.1) is 0 Å². The van der Waals surface area contributed by atoms with Gasteiger partial charge in [-0.25, -0.2) is 4.39 Å². The maximum atomic E-state index is 13.6. The summed E-state index contributed by atoms with van der Waals surface area (Å²) in [6, 6.07) is 9.44. The SMILES string of the molecule is Fc1ccc(CC2CCNCC2)c(Oc2ccc(OC(F)(F)F)cc2)c1. The van der Waals surface area contributed by atoms with Crippen molar-refractivity contribution in [3.05, 3.63) is 53.8 Å². The molecule has 1 aliphatic rings. The standard InChI is InChI=1S/C19H19F4NO2/c20-15-2-1-14(11-13-7-9-24-10-8-13)18(12-15)25-16-3-5-17(6-4-16)26-19(21,22)23/h1-6,12-13,24H,7-11H2. The molecule has 0 saturated carbocycles. The second-order valence-corrected chi connectivity index (χ2v) is 6.27. The van der Waals surface area contributed by atoms with Crippen LogP contribution < -0.4 is 14.8 Å². The summed E-state index contributed by atoms with van der Waals surface area (Å²) in [6.07, 6.45) is -1.89. The van der Waals surface area contributed by atoms with E-state index in [-0.39, 0.29) is 5.75 Å². The minimum atomic E-state index is -4.74. The van der Waals surface area contributed by atoms with Gasteiger partial charge < -0.3 is 14.8 Å². The molecule has 1 aliphatic heterocycles. The largest absolute Gasteiger partial charge is 0.573 e. The highest BCUT2D eigenvalue weighted by Gasteiger charge is 2.31. The zero-order valence-corrected chi connectivity index (χ0v) is 14.0. The Bertz CT molecular complexity index is 725. The lowest BCUT2D eigenvalue weighted by atomic mass is 9.90. The van der Waals surface area contributed by atoms with E-state index in [1.807, 2.05) is 0 Å². The van der Waals surface area contributed by atoms with Crippen LogP contribution in [0.4, 0.5) is 17.6 Å². The van der Waals surface area contributed by atoms with Gasteiger partial charge in [-0.05, 0) is 74.2 Å². The van der Waals surface area contributed by atoms with Crippen LogP contribution in [0.25, 0.3) is 0 Å². The van der Waals surface area contributed by atoms with E-state index in [9.17, 15) is 17.6 Å². The molecule has 0 aliphatic carbocycles. The fourth-order valence-electron chi connectivity index (χ4n) is 3.03. The van der Waals surface area contributed by atoms with Gasteiger partial charge in [-0.15, -0.1) is 13.2 Å². The first kappa shape index (κ1) is 18.5. The van der Waals surface area contributed by atoms with Crippen LogP contribution in [0.3, 0.4) is 0 Å². The first-order valence-electron chi connectivity index (χ1n) is 8.42. The molecule has 0 bridgehead atoms. The fraction of sp³-hybridized carbons (Fsp3) is 0.368. The first-order valence-corrected chi connectivity index (χ1v) is 8.42. The number of rotatable bonds is 5. The smallest absolute Gasteiger partial charge is 0.457 e. The average molecular weight is 369 g/mol. The molecule has 26 heavy (non-hydrogen) atoms. The number of piperidine rings is 1. The quantitative estimate of drug-likeness (QED) is 0.748. The van der Waals surface area contributed by atoms with E-state index in [1.54, 1.807) is 6.07 Å². The summed E-state index contributed by atoms with van der Waals surface area (Å²) in [7, 11) is 0. The molecule has 1 fully saturated rings. The van der Waals surface area contributed by atoms with Gasteiger partial charge in [-0.3, -0.25) is 0 Å². The Morgan fingerprint density at radius 3 is 2.27 bits per heavy atom. The highest BCUT2D eigenvalue weighted by Crippen LogP contribution is 2.31. The van der Waals surface area contributed by atoms with Crippen molar-refractivity contribution in [1.82, 2.24) is 5.32 Å². The molecule has 0 amide bonds. The van der Waals surface area contributed by atoms with Crippen molar-refractivity contribution in [2.45, 2.75) is 25.6 Å². The van der Waals surface area contributed by atoms with Crippen molar-refractivity contribution in [1.29, 1.82) is 0 Å². The maximum Gasteiger partial charge on any atom is 0.573 e. The van der Waals surface area contributed by atoms with Crippen molar-refractivity contribution in [3.8, 4) is 17.2 Å². The van der Waals surface area contributed by atoms with Crippen molar-refractivity contribution < 1.29 is 27.0 Å². The van der Waals surface area contributed by atoms with Gasteiger partial charge in [0.25, 0.3) is 0 Å². The molecule has 0 radical (unpaired) electrons. The molecule has 0 unspecified atom stereocenters. The third-order valence-electron chi connectivity index (χ3n) is 4.28. The molecular formula is C19H19F4NO2. The minimum absolute atomic E-state index is 0.316. The summed E-state index contributed by atoms with van der Waals surface area (Å²) < 4.78 is 59.8. The molecule has 0 spiro atoms. The summed E-state index contributed by atoms with van der Waals surface area (Å²) in [5.74, 6) is 0.432. The monoisotopic (exact) mass is 369 g/mol. The van der Waals surface area contributed by atoms with Crippen LogP contribution in [0.15, 0.2) is 42.5 Å². The Morgan fingerprint density at radius 2 is 1.62 bits per heavy atom. The predicted octanol–water partition coefficient (Wildman–Crippen LogP) is 5.06. The Hall–Kier alpha value is -2.28. The summed E-state index contributed by atoms with van der Waals surface area (Å²) in [5, 5.41) is 3.30. The molecule has 0 aromatic heterocycles. The summed E-state index contributed by atoms with van der Waals surface area (Å²) in [5.41, 5.74) is 0.883. The Labute approximate surface area is 148 Å². The fourth-order valence-corrected chi connectivity index (χ4v) is 3.03. The van der Waals surface area contributed by atoms with E-state index in [2.05, 4.69) is 10.1 Å². The van der Waals surface area contributed by atoms with Gasteiger partial charge in [0.1, 0.15) is 23.1 Å². The third-order valence-corrected chi connectivity index (χ3v) is 4.28. The molecule has 1 saturated heterocycles. The topological polar surface area (TPSA) is 30.5 Å². The molecule has 1 N–H and O–H groups in total. The average Bonchev–Trinajstić information content (AvgIpc) is 2.59. The number of hydrogen-bond acceptors (Lipinski definition) is 3. The number of halogens is 4. The highest BCUT2D eigenvalue weighted by molar-refractivity contribution is 5.40. The molecule has 140 valence electrons. The molecule has 2 aromatic rings. The van der Waals surface area contributed by atoms with E-state index < -0.39 is 12.2 Å². The Morgan fingerprint density at radius 1 is 0.962 bits per heavy atom. The Kier molecular flexibility index (Phi) is 5.66. The van der Waals surface area contributed by atoms with Crippen LogP contribution >= 0.6 is 0 Å². The van der Waals surface area contributed by atoms with Gasteiger partial charge in [-0.2, -0.15) is 0 Å². The van der Waals surface area contributed by atoms with Crippen LogP contribution in [0.2, 0.25) is 0 Å². The van der Waals surface area contributed by atoms with Crippen LogP contribution in [-0.2, 0) is 6.42 Å². The van der Waals surface area contributed by atoms with Gasteiger partial charge in [0, 0.05) is 6.07 Å². The number of nitrogens with one attached hydrogen (secondary N) is 1. The second-order valence-electron chi connectivity index (χ2n) is 6.27. The van der Waals surface area contributed by atoms with Crippen LogP contribution in [0.1, 0.15) is 18.4 Å². The third kappa shape index (κ3) is 5.36. The summed E-state index contributed by atoms with van der Waals surface area (Å²) in [4.78, 5) is 0. The van der Waals surface area contributed by atoms with Gasteiger partial charge in [0.2, 0.25) is 0 Å². The van der Waals surface area contributed by atoms with Crippen LogP contribution in [-0.4, -0.2) is 19.5 Å². The zero-order valence-electron chi connectivity index (χ0n) is 14.0. The molecule has 2 aromatic carbocycles. The highest BCUT2D eigenvalue weighted by atomic mass is 19.4. The Balaban J connectivity index is 1.73. The molecule has 3 rings (SSSR count).